The van der Waals surface area contributed by atoms with Gasteiger partial charge in [-0.3, -0.25) is 4.79 Å². The van der Waals surface area contributed by atoms with E-state index in [-0.39, 0.29) is 36.2 Å². The summed E-state index contributed by atoms with van der Waals surface area (Å²) in [7, 11) is 3.52. The molecule has 2 heterocycles. The minimum absolute atomic E-state index is 0.0793. The first-order valence-corrected chi connectivity index (χ1v) is 11.1. The van der Waals surface area contributed by atoms with Gasteiger partial charge in [0.1, 0.15) is 24.8 Å². The first kappa shape index (κ1) is 24.7. The Kier molecular flexibility index (Phi) is 7.73. The fourth-order valence-corrected chi connectivity index (χ4v) is 3.56. The van der Waals surface area contributed by atoms with E-state index in [9.17, 15) is 14.3 Å². The Hall–Kier alpha value is -2.94. The lowest BCUT2D eigenvalue weighted by Crippen LogP contribution is -2.29. The Labute approximate surface area is 194 Å². The van der Waals surface area contributed by atoms with E-state index >= 15 is 0 Å². The van der Waals surface area contributed by atoms with Gasteiger partial charge in [-0.05, 0) is 37.5 Å². The van der Waals surface area contributed by atoms with Crippen LogP contribution in [0.3, 0.4) is 0 Å². The third-order valence-electron chi connectivity index (χ3n) is 5.48. The van der Waals surface area contributed by atoms with Gasteiger partial charge in [0.2, 0.25) is 11.7 Å². The third kappa shape index (κ3) is 6.77. The van der Waals surface area contributed by atoms with Crippen LogP contribution in [0.1, 0.15) is 45.1 Å². The predicted octanol–water partition coefficient (Wildman–Crippen LogP) is 3.00. The largest absolute Gasteiger partial charge is 0.489 e. The molecule has 0 bridgehead atoms. The molecule has 1 aromatic carbocycles. The molecule has 0 saturated carbocycles. The van der Waals surface area contributed by atoms with Crippen molar-refractivity contribution < 1.29 is 23.8 Å². The molecule has 0 radical (unpaired) electrons. The first-order chi connectivity index (χ1) is 15.5. The molecule has 1 aliphatic rings. The summed E-state index contributed by atoms with van der Waals surface area (Å²) in [6.07, 6.45) is 2.32. The number of rotatable bonds is 9. The Morgan fingerprint density at radius 3 is 2.64 bits per heavy atom. The van der Waals surface area contributed by atoms with Gasteiger partial charge in [0, 0.05) is 33.5 Å². The molecule has 8 nitrogen and oxygen atoms in total. The summed E-state index contributed by atoms with van der Waals surface area (Å²) in [6.45, 7) is 6.17. The van der Waals surface area contributed by atoms with E-state index in [1.165, 1.54) is 6.33 Å². The maximum atomic E-state index is 14.9. The van der Waals surface area contributed by atoms with Crippen LogP contribution in [0.15, 0.2) is 30.6 Å². The number of halogens is 1. The lowest BCUT2D eigenvalue weighted by molar-refractivity contribution is -0.129. The molecule has 1 N–H and O–H groups in total. The maximum absolute atomic E-state index is 14.9. The van der Waals surface area contributed by atoms with Crippen LogP contribution in [0.25, 0.3) is 0 Å². The van der Waals surface area contributed by atoms with Gasteiger partial charge in [-0.25, -0.2) is 4.98 Å². The average molecular weight is 461 g/mol. The normalized spacial score (nSPS) is 17.1. The highest BCUT2D eigenvalue weighted by atomic mass is 19.1. The summed E-state index contributed by atoms with van der Waals surface area (Å²) < 4.78 is 26.3. The van der Waals surface area contributed by atoms with Crippen LogP contribution in [0.5, 0.6) is 11.6 Å². The van der Waals surface area contributed by atoms with E-state index in [2.05, 4.69) is 9.97 Å². The van der Waals surface area contributed by atoms with Gasteiger partial charge >= 0.3 is 0 Å². The fourth-order valence-electron chi connectivity index (χ4n) is 3.56. The van der Waals surface area contributed by atoms with Gasteiger partial charge < -0.3 is 24.4 Å². The number of anilines is 1. The zero-order valence-corrected chi connectivity index (χ0v) is 19.9. The number of nitrogens with zero attached hydrogens (tertiary/aromatic N) is 4. The summed E-state index contributed by atoms with van der Waals surface area (Å²) in [6, 6.07) is 7.77. The van der Waals surface area contributed by atoms with Crippen molar-refractivity contribution in [2.24, 2.45) is 0 Å². The molecule has 2 atom stereocenters. The molecule has 1 saturated heterocycles. The van der Waals surface area contributed by atoms with Crippen molar-refractivity contribution in [1.29, 1.82) is 0 Å². The second-order valence-electron chi connectivity index (χ2n) is 9.35. The molecule has 1 fully saturated rings. The van der Waals surface area contributed by atoms with Gasteiger partial charge in [0.15, 0.2) is 5.82 Å². The standard InChI is InChI=1S/C24H33FN4O4/c1-16(12-20(30)28(4)5)17-6-8-18(9-7-17)33-19-10-11-29(13-19)22-21(25)23(27-15-26-22)32-14-24(2,3)31/h6-9,15-16,19,31H,10-14H2,1-5H3/t16-,19?/m1/s1. The molecule has 180 valence electrons. The predicted molar refractivity (Wildman–Crippen MR) is 123 cm³/mol. The molecule has 1 aromatic heterocycles. The highest BCUT2D eigenvalue weighted by molar-refractivity contribution is 5.76. The van der Waals surface area contributed by atoms with Crippen molar-refractivity contribution in [2.45, 2.75) is 51.2 Å². The first-order valence-electron chi connectivity index (χ1n) is 11.1. The number of aromatic nitrogens is 2. The minimum atomic E-state index is -1.10. The average Bonchev–Trinajstić information content (AvgIpc) is 3.21. The number of amides is 1. The molecular formula is C24H33FN4O4. The molecule has 0 spiro atoms. The molecule has 1 amide bonds. The molecule has 2 aromatic rings. The van der Waals surface area contributed by atoms with E-state index in [1.807, 2.05) is 36.1 Å². The molecule has 3 rings (SSSR count). The molecule has 1 aliphatic heterocycles. The van der Waals surface area contributed by atoms with Crippen molar-refractivity contribution in [3.63, 3.8) is 0 Å². The number of carbonyl (C=O) groups is 1. The van der Waals surface area contributed by atoms with Gasteiger partial charge in [0.25, 0.3) is 5.88 Å². The number of hydrogen-bond donors (Lipinski definition) is 1. The Morgan fingerprint density at radius 1 is 1.30 bits per heavy atom. The van der Waals surface area contributed by atoms with Gasteiger partial charge in [-0.2, -0.15) is 9.37 Å². The van der Waals surface area contributed by atoms with Crippen molar-refractivity contribution in [1.82, 2.24) is 14.9 Å². The number of ether oxygens (including phenoxy) is 2. The van der Waals surface area contributed by atoms with Crippen LogP contribution in [0, 0.1) is 5.82 Å². The van der Waals surface area contributed by atoms with Crippen molar-refractivity contribution in [2.75, 3.05) is 38.7 Å². The monoisotopic (exact) mass is 460 g/mol. The highest BCUT2D eigenvalue weighted by Crippen LogP contribution is 2.29. The molecule has 0 aliphatic carbocycles. The second-order valence-corrected chi connectivity index (χ2v) is 9.35. The summed E-state index contributed by atoms with van der Waals surface area (Å²) in [5.41, 5.74) is -0.0217. The summed E-state index contributed by atoms with van der Waals surface area (Å²) >= 11 is 0. The molecule has 9 heteroatoms. The SMILES string of the molecule is C[C@H](CC(=O)N(C)C)c1ccc(OC2CCN(c3ncnc(OCC(C)(C)O)c3F)C2)cc1. The zero-order chi connectivity index (χ0) is 24.2. The summed E-state index contributed by atoms with van der Waals surface area (Å²) in [5.74, 6) is 0.284. The molecule has 1 unspecified atom stereocenters. The van der Waals surface area contributed by atoms with Crippen LogP contribution in [-0.4, -0.2) is 71.4 Å². The lowest BCUT2D eigenvalue weighted by Gasteiger charge is -2.21. The van der Waals surface area contributed by atoms with Crippen molar-refractivity contribution in [3.05, 3.63) is 42.0 Å². The highest BCUT2D eigenvalue weighted by Gasteiger charge is 2.29. The fraction of sp³-hybridized carbons (Fsp3) is 0.542. The third-order valence-corrected chi connectivity index (χ3v) is 5.48. The van der Waals surface area contributed by atoms with E-state index in [4.69, 9.17) is 9.47 Å². The summed E-state index contributed by atoms with van der Waals surface area (Å²) in [4.78, 5) is 23.3. The minimum Gasteiger partial charge on any atom is -0.489 e. The summed E-state index contributed by atoms with van der Waals surface area (Å²) in [5, 5.41) is 9.80. The van der Waals surface area contributed by atoms with E-state index in [0.29, 0.717) is 19.5 Å². The van der Waals surface area contributed by atoms with E-state index in [0.717, 1.165) is 17.7 Å². The Morgan fingerprint density at radius 2 is 2.00 bits per heavy atom. The van der Waals surface area contributed by atoms with Crippen molar-refractivity contribution >= 4 is 11.7 Å². The number of hydrogen-bond acceptors (Lipinski definition) is 7. The van der Waals surface area contributed by atoms with Crippen LogP contribution in [0.4, 0.5) is 10.2 Å². The number of benzene rings is 1. The lowest BCUT2D eigenvalue weighted by atomic mass is 9.97. The topological polar surface area (TPSA) is 88.0 Å². The van der Waals surface area contributed by atoms with Crippen LogP contribution < -0.4 is 14.4 Å². The van der Waals surface area contributed by atoms with Gasteiger partial charge in [0.05, 0.1) is 12.1 Å². The maximum Gasteiger partial charge on any atom is 0.255 e. The molecule has 33 heavy (non-hydrogen) atoms. The smallest absolute Gasteiger partial charge is 0.255 e. The van der Waals surface area contributed by atoms with E-state index in [1.54, 1.807) is 32.8 Å². The van der Waals surface area contributed by atoms with Gasteiger partial charge in [-0.15, -0.1) is 0 Å². The van der Waals surface area contributed by atoms with Gasteiger partial charge in [-0.1, -0.05) is 19.1 Å². The Balaban J connectivity index is 1.58. The van der Waals surface area contributed by atoms with Crippen LogP contribution >= 0.6 is 0 Å². The quantitative estimate of drug-likeness (QED) is 0.615. The number of carbonyl (C=O) groups excluding carboxylic acids is 1. The number of aliphatic hydroxyl groups is 1. The van der Waals surface area contributed by atoms with Crippen molar-refractivity contribution in [3.8, 4) is 11.6 Å². The van der Waals surface area contributed by atoms with E-state index < -0.39 is 11.4 Å². The van der Waals surface area contributed by atoms with Crippen LogP contribution in [-0.2, 0) is 4.79 Å². The second kappa shape index (κ2) is 10.3. The molecular weight excluding hydrogens is 427 g/mol. The Bertz CT molecular complexity index is 946. The zero-order valence-electron chi connectivity index (χ0n) is 19.9. The van der Waals surface area contributed by atoms with Crippen LogP contribution in [0.2, 0.25) is 0 Å².